The zero-order valence-electron chi connectivity index (χ0n) is 14.0. The highest BCUT2D eigenvalue weighted by Gasteiger charge is 2.31. The molecule has 0 aliphatic carbocycles. The highest BCUT2D eigenvalue weighted by atomic mass is 16.2. The van der Waals surface area contributed by atoms with Crippen LogP contribution in [0.1, 0.15) is 45.5 Å². The van der Waals surface area contributed by atoms with Gasteiger partial charge in [0.15, 0.2) is 0 Å². The number of nitrogens with one attached hydrogen (secondary N) is 1. The van der Waals surface area contributed by atoms with E-state index in [2.05, 4.69) is 10.1 Å². The van der Waals surface area contributed by atoms with Gasteiger partial charge < -0.3 is 9.88 Å². The molecule has 23 heavy (non-hydrogen) atoms. The van der Waals surface area contributed by atoms with Crippen LogP contribution in [-0.4, -0.2) is 38.7 Å². The number of H-pyrrole nitrogens is 1. The molecule has 0 radical (unpaired) electrons. The Labute approximate surface area is 135 Å². The van der Waals surface area contributed by atoms with Gasteiger partial charge in [-0.25, -0.2) is 0 Å². The van der Waals surface area contributed by atoms with Crippen LogP contribution in [0.15, 0.2) is 16.9 Å². The smallest absolute Gasteiger partial charge is 0.261 e. The third-order valence-electron chi connectivity index (χ3n) is 4.42. The molecule has 1 aliphatic rings. The van der Waals surface area contributed by atoms with Crippen LogP contribution in [-0.2, 0) is 0 Å². The van der Waals surface area contributed by atoms with Crippen molar-refractivity contribution in [3.05, 3.63) is 50.7 Å². The average Bonchev–Trinajstić information content (AvgIpc) is 3.03. The van der Waals surface area contributed by atoms with Crippen molar-refractivity contribution in [2.75, 3.05) is 13.1 Å². The van der Waals surface area contributed by atoms with Crippen molar-refractivity contribution in [2.45, 2.75) is 40.2 Å². The summed E-state index contributed by atoms with van der Waals surface area (Å²) < 4.78 is 1.99. The molecule has 1 atom stereocenters. The molecule has 3 rings (SSSR count). The van der Waals surface area contributed by atoms with E-state index < -0.39 is 0 Å². The van der Waals surface area contributed by atoms with Gasteiger partial charge in [0, 0.05) is 24.5 Å². The minimum Gasteiger partial charge on any atom is -0.336 e. The molecule has 1 amide bonds. The van der Waals surface area contributed by atoms with E-state index in [0.717, 1.165) is 29.1 Å². The molecule has 2 aromatic heterocycles. The summed E-state index contributed by atoms with van der Waals surface area (Å²) in [6, 6.07) is 4.06. The van der Waals surface area contributed by atoms with Crippen molar-refractivity contribution in [3.8, 4) is 0 Å². The highest BCUT2D eigenvalue weighted by molar-refractivity contribution is 5.95. The topological polar surface area (TPSA) is 71.0 Å². The van der Waals surface area contributed by atoms with Gasteiger partial charge in [-0.2, -0.15) is 5.10 Å². The largest absolute Gasteiger partial charge is 0.336 e. The molecule has 2 aromatic rings. The van der Waals surface area contributed by atoms with Crippen LogP contribution < -0.4 is 5.56 Å². The number of aromatic amines is 1. The van der Waals surface area contributed by atoms with Gasteiger partial charge in [-0.3, -0.25) is 14.3 Å². The Kier molecular flexibility index (Phi) is 3.83. The zero-order chi connectivity index (χ0) is 16.7. The first kappa shape index (κ1) is 15.5. The van der Waals surface area contributed by atoms with E-state index in [4.69, 9.17) is 0 Å². The molecular weight excluding hydrogens is 292 g/mol. The van der Waals surface area contributed by atoms with Gasteiger partial charge in [0.05, 0.1) is 11.7 Å². The zero-order valence-corrected chi connectivity index (χ0v) is 14.0. The number of aryl methyl sites for hydroxylation is 4. The summed E-state index contributed by atoms with van der Waals surface area (Å²) in [5, 5.41) is 4.52. The first-order chi connectivity index (χ1) is 10.9. The van der Waals surface area contributed by atoms with E-state index in [1.165, 1.54) is 0 Å². The van der Waals surface area contributed by atoms with Crippen molar-refractivity contribution in [3.63, 3.8) is 0 Å². The van der Waals surface area contributed by atoms with Crippen molar-refractivity contribution in [1.29, 1.82) is 0 Å². The maximum atomic E-state index is 12.7. The van der Waals surface area contributed by atoms with Crippen LogP contribution in [0.4, 0.5) is 0 Å². The summed E-state index contributed by atoms with van der Waals surface area (Å²) in [5.74, 6) is -0.187. The van der Waals surface area contributed by atoms with Crippen LogP contribution in [0, 0.1) is 27.7 Å². The number of hydrogen-bond donors (Lipinski definition) is 1. The summed E-state index contributed by atoms with van der Waals surface area (Å²) in [4.78, 5) is 29.4. The summed E-state index contributed by atoms with van der Waals surface area (Å²) >= 11 is 0. The Hall–Kier alpha value is -2.37. The Morgan fingerprint density at radius 1 is 1.26 bits per heavy atom. The van der Waals surface area contributed by atoms with E-state index in [-0.39, 0.29) is 23.1 Å². The van der Waals surface area contributed by atoms with E-state index in [9.17, 15) is 9.59 Å². The molecule has 1 aliphatic heterocycles. The third kappa shape index (κ3) is 2.81. The minimum absolute atomic E-state index is 0.178. The normalized spacial score (nSPS) is 17.7. The van der Waals surface area contributed by atoms with Crippen molar-refractivity contribution >= 4 is 5.91 Å². The van der Waals surface area contributed by atoms with Crippen molar-refractivity contribution in [2.24, 2.45) is 0 Å². The lowest BCUT2D eigenvalue weighted by Crippen LogP contribution is -2.34. The summed E-state index contributed by atoms with van der Waals surface area (Å²) in [5.41, 5.74) is 3.53. The third-order valence-corrected chi connectivity index (χ3v) is 4.42. The molecule has 3 heterocycles. The van der Waals surface area contributed by atoms with Gasteiger partial charge in [-0.15, -0.1) is 0 Å². The molecule has 6 nitrogen and oxygen atoms in total. The van der Waals surface area contributed by atoms with E-state index in [1.807, 2.05) is 44.5 Å². The molecule has 0 saturated carbocycles. The van der Waals surface area contributed by atoms with Gasteiger partial charge >= 0.3 is 0 Å². The quantitative estimate of drug-likeness (QED) is 0.920. The number of nitrogens with zero attached hydrogens (tertiary/aromatic N) is 3. The van der Waals surface area contributed by atoms with Gasteiger partial charge in [0.2, 0.25) is 0 Å². The molecule has 6 heteroatoms. The fraction of sp³-hybridized carbons (Fsp3) is 0.471. The van der Waals surface area contributed by atoms with Crippen LogP contribution in [0.25, 0.3) is 0 Å². The molecule has 1 fully saturated rings. The lowest BCUT2D eigenvalue weighted by Gasteiger charge is -2.18. The number of carbonyl (C=O) groups is 1. The summed E-state index contributed by atoms with van der Waals surface area (Å²) in [7, 11) is 0. The molecule has 0 bridgehead atoms. The number of hydrogen-bond acceptors (Lipinski definition) is 3. The predicted molar refractivity (Wildman–Crippen MR) is 87.8 cm³/mol. The van der Waals surface area contributed by atoms with E-state index in [1.54, 1.807) is 4.90 Å². The number of aromatic nitrogens is 3. The Morgan fingerprint density at radius 2 is 2.00 bits per heavy atom. The Bertz CT molecular complexity index is 818. The van der Waals surface area contributed by atoms with Gasteiger partial charge in [-0.05, 0) is 51.8 Å². The first-order valence-corrected chi connectivity index (χ1v) is 7.89. The maximum Gasteiger partial charge on any atom is 0.261 e. The Balaban J connectivity index is 1.83. The number of likely N-dealkylation sites (tertiary alicyclic amines) is 1. The lowest BCUT2D eigenvalue weighted by molar-refractivity contribution is 0.0784. The predicted octanol–water partition coefficient (Wildman–Crippen LogP) is 1.89. The summed E-state index contributed by atoms with van der Waals surface area (Å²) in [6.07, 6.45) is 0.858. The molecule has 0 unspecified atom stereocenters. The van der Waals surface area contributed by atoms with Crippen LogP contribution >= 0.6 is 0 Å². The number of amides is 1. The molecule has 122 valence electrons. The van der Waals surface area contributed by atoms with Crippen LogP contribution in [0.2, 0.25) is 0 Å². The fourth-order valence-electron chi connectivity index (χ4n) is 3.42. The molecule has 0 aromatic carbocycles. The first-order valence-electron chi connectivity index (χ1n) is 7.89. The van der Waals surface area contributed by atoms with Crippen LogP contribution in [0.3, 0.4) is 0 Å². The average molecular weight is 314 g/mol. The molecule has 0 spiro atoms. The van der Waals surface area contributed by atoms with Gasteiger partial charge in [0.25, 0.3) is 11.5 Å². The van der Waals surface area contributed by atoms with E-state index in [0.29, 0.717) is 13.1 Å². The van der Waals surface area contributed by atoms with Gasteiger partial charge in [0.1, 0.15) is 5.56 Å². The summed E-state index contributed by atoms with van der Waals surface area (Å²) in [6.45, 7) is 8.86. The number of carbonyl (C=O) groups excluding carboxylic acids is 1. The van der Waals surface area contributed by atoms with Gasteiger partial charge in [-0.1, -0.05) is 0 Å². The molecule has 1 saturated heterocycles. The van der Waals surface area contributed by atoms with Crippen molar-refractivity contribution < 1.29 is 4.79 Å². The van der Waals surface area contributed by atoms with E-state index >= 15 is 0 Å². The SMILES string of the molecule is Cc1cc(C)n([C@@H]2CCN(C(=O)c3c(C)cc(C)[nH]c3=O)C2)n1. The fourth-order valence-corrected chi connectivity index (χ4v) is 3.42. The lowest BCUT2D eigenvalue weighted by atomic mass is 10.1. The highest BCUT2D eigenvalue weighted by Crippen LogP contribution is 2.24. The second-order valence-electron chi connectivity index (χ2n) is 6.40. The minimum atomic E-state index is -0.304. The van der Waals surface area contributed by atoms with Crippen molar-refractivity contribution in [1.82, 2.24) is 19.7 Å². The Morgan fingerprint density at radius 3 is 2.61 bits per heavy atom. The molecular formula is C17H22N4O2. The second-order valence-corrected chi connectivity index (χ2v) is 6.40. The maximum absolute atomic E-state index is 12.7. The van der Waals surface area contributed by atoms with Crippen LogP contribution in [0.5, 0.6) is 0 Å². The standard InChI is InChI=1S/C17H22N4O2/c1-10-7-11(2)18-16(22)15(10)17(23)20-6-5-14(9-20)21-13(4)8-12(3)19-21/h7-8,14H,5-6,9H2,1-4H3,(H,18,22)/t14-/m1/s1. The number of rotatable bonds is 2. The number of pyridine rings is 1. The molecule has 1 N–H and O–H groups in total. The monoisotopic (exact) mass is 314 g/mol. The second kappa shape index (κ2) is 5.68.